The fourth-order valence-electron chi connectivity index (χ4n) is 1.39. The van der Waals surface area contributed by atoms with Crippen LogP contribution in [0.4, 0.5) is 13.2 Å². The first-order valence-electron chi connectivity index (χ1n) is 5.40. The third kappa shape index (κ3) is 5.19. The third-order valence-corrected chi connectivity index (χ3v) is 2.35. The minimum Gasteiger partial charge on any atom is -0.383 e. The van der Waals surface area contributed by atoms with Crippen LogP contribution in [0.2, 0.25) is 0 Å². The molecule has 0 saturated heterocycles. The summed E-state index contributed by atoms with van der Waals surface area (Å²) in [5.74, 6) is 0. The van der Waals surface area contributed by atoms with Crippen LogP contribution in [0.3, 0.4) is 0 Å². The van der Waals surface area contributed by atoms with E-state index in [1.165, 1.54) is 12.1 Å². The van der Waals surface area contributed by atoms with E-state index in [9.17, 15) is 13.2 Å². The van der Waals surface area contributed by atoms with Crippen LogP contribution in [0.5, 0.6) is 0 Å². The molecule has 0 saturated carbocycles. The number of nitrogens with one attached hydrogen (secondary N) is 1. The van der Waals surface area contributed by atoms with Crippen molar-refractivity contribution in [3.8, 4) is 0 Å². The largest absolute Gasteiger partial charge is 0.416 e. The van der Waals surface area contributed by atoms with Crippen LogP contribution in [-0.4, -0.2) is 26.8 Å². The topological polar surface area (TPSA) is 21.3 Å². The summed E-state index contributed by atoms with van der Waals surface area (Å²) in [5, 5.41) is 3.13. The highest BCUT2D eigenvalue weighted by Gasteiger charge is 2.29. The van der Waals surface area contributed by atoms with E-state index in [1.54, 1.807) is 7.11 Å². The SMILES string of the molecule is COCCNCCc1ccc(C(F)(F)F)cc1. The van der Waals surface area contributed by atoms with E-state index in [0.29, 0.717) is 13.0 Å². The van der Waals surface area contributed by atoms with Crippen LogP contribution in [0.15, 0.2) is 24.3 Å². The Morgan fingerprint density at radius 2 is 1.76 bits per heavy atom. The Morgan fingerprint density at radius 3 is 2.29 bits per heavy atom. The molecule has 0 amide bonds. The van der Waals surface area contributed by atoms with Gasteiger partial charge in [0, 0.05) is 13.7 Å². The van der Waals surface area contributed by atoms with Crippen molar-refractivity contribution in [3.63, 3.8) is 0 Å². The van der Waals surface area contributed by atoms with Crippen molar-refractivity contribution >= 4 is 0 Å². The molecule has 2 nitrogen and oxygen atoms in total. The Hall–Kier alpha value is -1.07. The molecule has 0 aliphatic heterocycles. The van der Waals surface area contributed by atoms with E-state index < -0.39 is 11.7 Å². The second-order valence-electron chi connectivity index (χ2n) is 3.69. The van der Waals surface area contributed by atoms with Crippen LogP contribution in [-0.2, 0) is 17.3 Å². The Balaban J connectivity index is 2.36. The van der Waals surface area contributed by atoms with Gasteiger partial charge in [-0.05, 0) is 30.7 Å². The highest BCUT2D eigenvalue weighted by atomic mass is 19.4. The molecule has 0 aromatic heterocycles. The molecule has 96 valence electrons. The van der Waals surface area contributed by atoms with Gasteiger partial charge in [-0.2, -0.15) is 13.2 Å². The molecule has 17 heavy (non-hydrogen) atoms. The summed E-state index contributed by atoms with van der Waals surface area (Å²) in [7, 11) is 1.62. The highest BCUT2D eigenvalue weighted by molar-refractivity contribution is 5.24. The molecule has 0 aliphatic rings. The van der Waals surface area contributed by atoms with Crippen molar-refractivity contribution < 1.29 is 17.9 Å². The minimum absolute atomic E-state index is 0.603. The van der Waals surface area contributed by atoms with Crippen molar-refractivity contribution in [2.24, 2.45) is 0 Å². The molecule has 5 heteroatoms. The van der Waals surface area contributed by atoms with Gasteiger partial charge in [0.1, 0.15) is 0 Å². The fraction of sp³-hybridized carbons (Fsp3) is 0.500. The zero-order chi connectivity index (χ0) is 12.7. The van der Waals surface area contributed by atoms with Gasteiger partial charge in [0.05, 0.1) is 12.2 Å². The number of benzene rings is 1. The number of alkyl halides is 3. The van der Waals surface area contributed by atoms with Crippen molar-refractivity contribution in [1.82, 2.24) is 5.32 Å². The Bertz CT molecular complexity index is 322. The molecule has 0 spiro atoms. The lowest BCUT2D eigenvalue weighted by molar-refractivity contribution is -0.137. The molecule has 0 fully saturated rings. The van der Waals surface area contributed by atoms with Gasteiger partial charge in [-0.3, -0.25) is 0 Å². The van der Waals surface area contributed by atoms with Gasteiger partial charge < -0.3 is 10.1 Å². The van der Waals surface area contributed by atoms with Gasteiger partial charge in [0.15, 0.2) is 0 Å². The van der Waals surface area contributed by atoms with Crippen LogP contribution in [0.1, 0.15) is 11.1 Å². The molecule has 0 atom stereocenters. The first-order chi connectivity index (χ1) is 8.04. The van der Waals surface area contributed by atoms with Crippen LogP contribution < -0.4 is 5.32 Å². The summed E-state index contributed by atoms with van der Waals surface area (Å²) in [6.45, 7) is 2.11. The Morgan fingerprint density at radius 1 is 1.12 bits per heavy atom. The average molecular weight is 247 g/mol. The maximum Gasteiger partial charge on any atom is 0.416 e. The van der Waals surface area contributed by atoms with E-state index in [4.69, 9.17) is 4.74 Å². The number of halogens is 3. The molecule has 1 aromatic rings. The van der Waals surface area contributed by atoms with E-state index in [0.717, 1.165) is 30.8 Å². The van der Waals surface area contributed by atoms with E-state index in [2.05, 4.69) is 5.32 Å². The predicted octanol–water partition coefficient (Wildman–Crippen LogP) is 2.48. The summed E-state index contributed by atoms with van der Waals surface area (Å²) in [4.78, 5) is 0. The van der Waals surface area contributed by atoms with Crippen molar-refractivity contribution in [2.45, 2.75) is 12.6 Å². The van der Waals surface area contributed by atoms with Crippen LogP contribution >= 0.6 is 0 Å². The number of ether oxygens (including phenoxy) is 1. The molecule has 0 unspecified atom stereocenters. The van der Waals surface area contributed by atoms with E-state index in [-0.39, 0.29) is 0 Å². The maximum atomic E-state index is 12.3. The van der Waals surface area contributed by atoms with Crippen molar-refractivity contribution in [3.05, 3.63) is 35.4 Å². The molecular weight excluding hydrogens is 231 g/mol. The molecule has 1 N–H and O–H groups in total. The van der Waals surface area contributed by atoms with Crippen molar-refractivity contribution in [1.29, 1.82) is 0 Å². The van der Waals surface area contributed by atoms with Gasteiger partial charge in [-0.25, -0.2) is 0 Å². The smallest absolute Gasteiger partial charge is 0.383 e. The molecular formula is C12H16F3NO. The summed E-state index contributed by atoms with van der Waals surface area (Å²) in [5.41, 5.74) is 0.288. The summed E-state index contributed by atoms with van der Waals surface area (Å²) < 4.78 is 41.7. The second kappa shape index (κ2) is 6.61. The lowest BCUT2D eigenvalue weighted by Crippen LogP contribution is -2.21. The number of methoxy groups -OCH3 is 1. The number of hydrogen-bond acceptors (Lipinski definition) is 2. The zero-order valence-corrected chi connectivity index (χ0v) is 9.68. The van der Waals surface area contributed by atoms with Gasteiger partial charge in [0.25, 0.3) is 0 Å². The van der Waals surface area contributed by atoms with Crippen LogP contribution in [0, 0.1) is 0 Å². The number of hydrogen-bond donors (Lipinski definition) is 1. The quantitative estimate of drug-likeness (QED) is 0.780. The standard InChI is InChI=1S/C12H16F3NO/c1-17-9-8-16-7-6-10-2-4-11(5-3-10)12(13,14)15/h2-5,16H,6-9H2,1H3. The molecule has 0 bridgehead atoms. The summed E-state index contributed by atoms with van der Waals surface area (Å²) in [6.07, 6.45) is -3.54. The first kappa shape index (κ1) is 14.0. The second-order valence-corrected chi connectivity index (χ2v) is 3.69. The molecule has 1 aromatic carbocycles. The van der Waals surface area contributed by atoms with Gasteiger partial charge in [-0.1, -0.05) is 12.1 Å². The lowest BCUT2D eigenvalue weighted by Gasteiger charge is -2.08. The molecule has 0 radical (unpaired) electrons. The monoisotopic (exact) mass is 247 g/mol. The Kier molecular flexibility index (Phi) is 5.44. The van der Waals surface area contributed by atoms with E-state index >= 15 is 0 Å². The predicted molar refractivity (Wildman–Crippen MR) is 59.9 cm³/mol. The molecule has 1 rings (SSSR count). The number of rotatable bonds is 6. The normalized spacial score (nSPS) is 11.8. The fourth-order valence-corrected chi connectivity index (χ4v) is 1.39. The molecule has 0 aliphatic carbocycles. The maximum absolute atomic E-state index is 12.3. The highest BCUT2D eigenvalue weighted by Crippen LogP contribution is 2.29. The van der Waals surface area contributed by atoms with Gasteiger partial charge in [0.2, 0.25) is 0 Å². The lowest BCUT2D eigenvalue weighted by atomic mass is 10.1. The van der Waals surface area contributed by atoms with Crippen molar-refractivity contribution in [2.75, 3.05) is 26.8 Å². The summed E-state index contributed by atoms with van der Waals surface area (Å²) >= 11 is 0. The first-order valence-corrected chi connectivity index (χ1v) is 5.40. The van der Waals surface area contributed by atoms with Gasteiger partial charge >= 0.3 is 6.18 Å². The van der Waals surface area contributed by atoms with Crippen LogP contribution in [0.25, 0.3) is 0 Å². The minimum atomic E-state index is -4.25. The van der Waals surface area contributed by atoms with E-state index in [1.807, 2.05) is 0 Å². The van der Waals surface area contributed by atoms with Gasteiger partial charge in [-0.15, -0.1) is 0 Å². The third-order valence-electron chi connectivity index (χ3n) is 2.35. The Labute approximate surface area is 98.8 Å². The average Bonchev–Trinajstić information content (AvgIpc) is 2.28. The zero-order valence-electron chi connectivity index (χ0n) is 9.68. The summed E-state index contributed by atoms with van der Waals surface area (Å²) in [6, 6.07) is 5.26. The molecule has 0 heterocycles.